The molecule has 2 saturated heterocycles. The summed E-state index contributed by atoms with van der Waals surface area (Å²) in [4.78, 5) is 2.30. The van der Waals surface area contributed by atoms with E-state index in [-0.39, 0.29) is 11.6 Å². The van der Waals surface area contributed by atoms with Crippen LogP contribution >= 0.6 is 0 Å². The summed E-state index contributed by atoms with van der Waals surface area (Å²) in [6.45, 7) is 4.25. The summed E-state index contributed by atoms with van der Waals surface area (Å²) in [5.74, 6) is -0.250. The highest BCUT2D eigenvalue weighted by Crippen LogP contribution is 2.43. The summed E-state index contributed by atoms with van der Waals surface area (Å²) in [5.41, 5.74) is 2.98. The van der Waals surface area contributed by atoms with Gasteiger partial charge in [0.25, 0.3) is 0 Å². The monoisotopic (exact) mass is 340 g/mol. The van der Waals surface area contributed by atoms with Crippen LogP contribution in [0.3, 0.4) is 0 Å². The number of fused-ring (bicyclic) bond motifs is 2. The lowest BCUT2D eigenvalue weighted by atomic mass is 9.72. The molecule has 0 aromatic heterocycles. The van der Waals surface area contributed by atoms with Crippen molar-refractivity contribution in [3.8, 4) is 0 Å². The maximum absolute atomic E-state index is 14.0. The fourth-order valence-corrected chi connectivity index (χ4v) is 4.24. The van der Waals surface area contributed by atoms with E-state index in [1.807, 2.05) is 13.0 Å². The molecule has 0 spiro atoms. The van der Waals surface area contributed by atoms with E-state index < -0.39 is 0 Å². The van der Waals surface area contributed by atoms with Crippen LogP contribution in [0, 0.1) is 11.6 Å². The molecular formula is C21H22F2N2. The molecular weight excluding hydrogens is 318 g/mol. The second-order valence-electron chi connectivity index (χ2n) is 6.89. The molecule has 0 saturated carbocycles. The molecule has 25 heavy (non-hydrogen) atoms. The molecule has 2 aliphatic rings. The Morgan fingerprint density at radius 2 is 1.80 bits per heavy atom. The maximum atomic E-state index is 14.0. The minimum absolute atomic E-state index is 0.327. The lowest BCUT2D eigenvalue weighted by molar-refractivity contribution is -0.0490. The number of nitrogens with zero attached hydrogens (tertiary/aromatic N) is 1. The van der Waals surface area contributed by atoms with Crippen LogP contribution < -0.4 is 5.32 Å². The van der Waals surface area contributed by atoms with Crippen LogP contribution in [0.4, 0.5) is 8.78 Å². The molecule has 2 aromatic carbocycles. The highest BCUT2D eigenvalue weighted by atomic mass is 19.1. The van der Waals surface area contributed by atoms with Gasteiger partial charge in [-0.2, -0.15) is 0 Å². The zero-order valence-electron chi connectivity index (χ0n) is 14.3. The van der Waals surface area contributed by atoms with Crippen LogP contribution in [0.2, 0.25) is 0 Å². The van der Waals surface area contributed by atoms with Gasteiger partial charge in [-0.1, -0.05) is 36.4 Å². The van der Waals surface area contributed by atoms with Crippen LogP contribution in [0.15, 0.2) is 48.5 Å². The average molecular weight is 340 g/mol. The van der Waals surface area contributed by atoms with Gasteiger partial charge in [0.05, 0.1) is 0 Å². The van der Waals surface area contributed by atoms with Crippen LogP contribution in [0.5, 0.6) is 0 Å². The quantitative estimate of drug-likeness (QED) is 0.907. The third-order valence-electron chi connectivity index (χ3n) is 5.43. The Morgan fingerprint density at radius 1 is 1.08 bits per heavy atom. The van der Waals surface area contributed by atoms with Crippen molar-refractivity contribution in [1.29, 1.82) is 0 Å². The Balaban J connectivity index is 1.53. The number of allylic oxidation sites excluding steroid dienone is 1. The minimum atomic E-state index is -0.378. The van der Waals surface area contributed by atoms with Gasteiger partial charge in [-0.3, -0.25) is 4.90 Å². The Morgan fingerprint density at radius 3 is 2.48 bits per heavy atom. The van der Waals surface area contributed by atoms with Crippen LogP contribution in [-0.2, 0) is 6.54 Å². The summed E-state index contributed by atoms with van der Waals surface area (Å²) in [6, 6.07) is 13.1. The van der Waals surface area contributed by atoms with Crippen molar-refractivity contribution in [3.05, 3.63) is 76.9 Å². The highest BCUT2D eigenvalue weighted by molar-refractivity contribution is 5.50. The molecule has 2 bridgehead atoms. The number of benzene rings is 2. The van der Waals surface area contributed by atoms with E-state index in [9.17, 15) is 8.78 Å². The molecule has 2 heterocycles. The lowest BCUT2D eigenvalue weighted by Gasteiger charge is -2.59. The molecule has 4 heteroatoms. The SMILES string of the molecule is C/C=C/c1ccc(C2[C@H]3CNC[C@@H]2N3Cc2cc(F)ccc2F)cc1. The van der Waals surface area contributed by atoms with E-state index >= 15 is 0 Å². The molecule has 0 aliphatic carbocycles. The zero-order chi connectivity index (χ0) is 17.4. The van der Waals surface area contributed by atoms with Crippen LogP contribution in [-0.4, -0.2) is 30.1 Å². The number of halogens is 2. The van der Waals surface area contributed by atoms with Gasteiger partial charge in [-0.15, -0.1) is 0 Å². The van der Waals surface area contributed by atoms with Gasteiger partial charge < -0.3 is 5.32 Å². The number of piperazine rings is 1. The molecule has 2 fully saturated rings. The highest BCUT2D eigenvalue weighted by Gasteiger charge is 2.51. The first-order chi connectivity index (χ1) is 12.2. The van der Waals surface area contributed by atoms with E-state index in [0.29, 0.717) is 30.1 Å². The van der Waals surface area contributed by atoms with Crippen molar-refractivity contribution in [3.63, 3.8) is 0 Å². The second kappa shape index (κ2) is 6.70. The van der Waals surface area contributed by atoms with Crippen molar-refractivity contribution in [2.24, 2.45) is 0 Å². The van der Waals surface area contributed by atoms with Crippen molar-refractivity contribution < 1.29 is 8.78 Å². The van der Waals surface area contributed by atoms with Gasteiger partial charge in [-0.25, -0.2) is 8.78 Å². The molecule has 130 valence electrons. The van der Waals surface area contributed by atoms with E-state index in [2.05, 4.69) is 40.6 Å². The molecule has 1 N–H and O–H groups in total. The standard InChI is InChI=1S/C21H22F2N2/c1-2-3-14-4-6-15(7-5-14)21-19-11-24-12-20(21)25(19)13-16-10-17(22)8-9-18(16)23/h2-10,19-21,24H,11-13H2,1H3/b3-2+/t19-,20+,21?. The van der Waals surface area contributed by atoms with Gasteiger partial charge in [-0.05, 0) is 36.2 Å². The smallest absolute Gasteiger partial charge is 0.127 e. The van der Waals surface area contributed by atoms with Crippen molar-refractivity contribution >= 4 is 6.08 Å². The minimum Gasteiger partial charge on any atom is -0.314 e. The van der Waals surface area contributed by atoms with Crippen molar-refractivity contribution in [2.75, 3.05) is 13.1 Å². The molecule has 1 unspecified atom stereocenters. The largest absolute Gasteiger partial charge is 0.314 e. The molecule has 2 nitrogen and oxygen atoms in total. The first-order valence-corrected chi connectivity index (χ1v) is 8.80. The maximum Gasteiger partial charge on any atom is 0.127 e. The summed E-state index contributed by atoms with van der Waals surface area (Å²) in [5, 5.41) is 3.44. The second-order valence-corrected chi connectivity index (χ2v) is 6.89. The first-order valence-electron chi connectivity index (χ1n) is 8.80. The van der Waals surface area contributed by atoms with Crippen LogP contribution in [0.1, 0.15) is 29.5 Å². The van der Waals surface area contributed by atoms with Crippen LogP contribution in [0.25, 0.3) is 6.08 Å². The van der Waals surface area contributed by atoms with Gasteiger partial charge in [0.15, 0.2) is 0 Å². The van der Waals surface area contributed by atoms with E-state index in [0.717, 1.165) is 13.1 Å². The fraction of sp³-hybridized carbons (Fsp3) is 0.333. The van der Waals surface area contributed by atoms with Crippen molar-refractivity contribution in [1.82, 2.24) is 10.2 Å². The average Bonchev–Trinajstić information content (AvgIpc) is 2.63. The van der Waals surface area contributed by atoms with Gasteiger partial charge in [0.2, 0.25) is 0 Å². The number of hydrogen-bond acceptors (Lipinski definition) is 2. The van der Waals surface area contributed by atoms with Gasteiger partial charge >= 0.3 is 0 Å². The van der Waals surface area contributed by atoms with E-state index in [1.165, 1.54) is 29.3 Å². The Kier molecular flexibility index (Phi) is 4.40. The Bertz CT molecular complexity index is 773. The molecule has 2 aliphatic heterocycles. The topological polar surface area (TPSA) is 15.3 Å². The number of nitrogens with one attached hydrogen (secondary N) is 1. The summed E-state index contributed by atoms with van der Waals surface area (Å²) in [6.07, 6.45) is 4.12. The van der Waals surface area contributed by atoms with Gasteiger partial charge in [0, 0.05) is 43.2 Å². The molecule has 0 amide bonds. The third kappa shape index (κ3) is 3.00. The third-order valence-corrected chi connectivity index (χ3v) is 5.43. The molecule has 2 aromatic rings. The summed E-state index contributed by atoms with van der Waals surface area (Å²) >= 11 is 0. The lowest BCUT2D eigenvalue weighted by Crippen LogP contribution is -2.72. The number of piperidine rings is 1. The van der Waals surface area contributed by atoms with E-state index in [4.69, 9.17) is 0 Å². The predicted molar refractivity (Wildman–Crippen MR) is 96.2 cm³/mol. The first kappa shape index (κ1) is 16.4. The summed E-state index contributed by atoms with van der Waals surface area (Å²) in [7, 11) is 0. The Hall–Kier alpha value is -2.04. The van der Waals surface area contributed by atoms with Gasteiger partial charge in [0.1, 0.15) is 11.6 Å². The molecule has 3 atom stereocenters. The molecule has 4 rings (SSSR count). The molecule has 0 radical (unpaired) electrons. The number of likely N-dealkylation sites (tertiary alicyclic amines) is 1. The van der Waals surface area contributed by atoms with Crippen molar-refractivity contribution in [2.45, 2.75) is 31.5 Å². The number of rotatable bonds is 4. The summed E-state index contributed by atoms with van der Waals surface area (Å²) < 4.78 is 27.4. The fourth-order valence-electron chi connectivity index (χ4n) is 4.24. The zero-order valence-corrected chi connectivity index (χ0v) is 14.3. The predicted octanol–water partition coefficient (Wildman–Crippen LogP) is 3.94. The Labute approximate surface area is 147 Å². The number of hydrogen-bond donors (Lipinski definition) is 1. The van der Waals surface area contributed by atoms with E-state index in [1.54, 1.807) is 0 Å². The normalized spacial score (nSPS) is 26.0.